The lowest BCUT2D eigenvalue weighted by atomic mass is 10.0. The van der Waals surface area contributed by atoms with Gasteiger partial charge in [0.05, 0.1) is 17.4 Å². The minimum Gasteiger partial charge on any atom is -0.380 e. The zero-order valence-corrected chi connectivity index (χ0v) is 21.6. The van der Waals surface area contributed by atoms with Crippen LogP contribution >= 0.6 is 0 Å². The van der Waals surface area contributed by atoms with E-state index in [1.165, 1.54) is 11.1 Å². The van der Waals surface area contributed by atoms with Crippen LogP contribution in [0.25, 0.3) is 0 Å². The van der Waals surface area contributed by atoms with Crippen LogP contribution in [0.4, 0.5) is 22.1 Å². The molecule has 0 saturated carbocycles. The molecule has 11 nitrogen and oxygen atoms in total. The van der Waals surface area contributed by atoms with Crippen LogP contribution in [0.3, 0.4) is 0 Å². The summed E-state index contributed by atoms with van der Waals surface area (Å²) in [6, 6.07) is 5.38. The number of methoxy groups -OCH3 is 1. The Hall–Kier alpha value is -4.04. The molecule has 11 heteroatoms. The standard InChI is InChI=1S/C27H31N7O4/c1-17-5-8-33(26(17)36)14-19-10-18-4-3-7-34(25(18)30-22(19)16-35)27(37)31-24-11-23(20(12-28)13-29-24)32-9-6-21(15-32)38-2/h10-11,13,16-17,21H,3-9,14-15H2,1-2H3,(H,29,31,37)/t17-,21-/m1/s1. The number of hydrogen-bond donors (Lipinski definition) is 1. The van der Waals surface area contributed by atoms with Gasteiger partial charge < -0.3 is 14.5 Å². The molecular weight excluding hydrogens is 486 g/mol. The fourth-order valence-corrected chi connectivity index (χ4v) is 5.42. The van der Waals surface area contributed by atoms with Crippen molar-refractivity contribution in [2.45, 2.75) is 45.3 Å². The van der Waals surface area contributed by atoms with Crippen LogP contribution in [-0.2, 0) is 22.5 Å². The Labute approximate surface area is 221 Å². The Kier molecular flexibility index (Phi) is 7.24. The van der Waals surface area contributed by atoms with Crippen molar-refractivity contribution >= 4 is 35.5 Å². The number of aldehydes is 1. The van der Waals surface area contributed by atoms with E-state index in [0.717, 1.165) is 37.8 Å². The van der Waals surface area contributed by atoms with Gasteiger partial charge in [0.2, 0.25) is 5.91 Å². The molecule has 1 N–H and O–H groups in total. The molecular formula is C27H31N7O4. The molecule has 38 heavy (non-hydrogen) atoms. The van der Waals surface area contributed by atoms with E-state index in [1.807, 2.05) is 13.0 Å². The van der Waals surface area contributed by atoms with Gasteiger partial charge in [-0.3, -0.25) is 19.8 Å². The van der Waals surface area contributed by atoms with Gasteiger partial charge in [0.15, 0.2) is 6.29 Å². The number of aromatic nitrogens is 2. The van der Waals surface area contributed by atoms with Gasteiger partial charge >= 0.3 is 6.03 Å². The third-order valence-corrected chi connectivity index (χ3v) is 7.61. The minimum atomic E-state index is -0.411. The normalized spacial score (nSPS) is 20.9. The van der Waals surface area contributed by atoms with Gasteiger partial charge in [-0.1, -0.05) is 6.92 Å². The second-order valence-electron chi connectivity index (χ2n) is 10.1. The summed E-state index contributed by atoms with van der Waals surface area (Å²) >= 11 is 0. The van der Waals surface area contributed by atoms with Gasteiger partial charge in [-0.2, -0.15) is 5.26 Å². The fourth-order valence-electron chi connectivity index (χ4n) is 5.42. The van der Waals surface area contributed by atoms with Crippen LogP contribution in [0.5, 0.6) is 0 Å². The summed E-state index contributed by atoms with van der Waals surface area (Å²) < 4.78 is 5.45. The number of nitrogens with one attached hydrogen (secondary N) is 1. The average Bonchev–Trinajstić information content (AvgIpc) is 3.54. The van der Waals surface area contributed by atoms with Crippen LogP contribution in [0.15, 0.2) is 18.3 Å². The third kappa shape index (κ3) is 4.91. The SMILES string of the molecule is CO[C@@H]1CCN(c2cc(NC(=O)N3CCCc4cc(CN5CC[C@@H](C)C5=O)c(C=O)nc43)ncc2C#N)C1. The predicted octanol–water partition coefficient (Wildman–Crippen LogP) is 2.74. The van der Waals surface area contributed by atoms with Gasteiger partial charge in [0, 0.05) is 63.6 Å². The molecule has 2 atom stereocenters. The van der Waals surface area contributed by atoms with E-state index in [0.29, 0.717) is 60.9 Å². The Morgan fingerprint density at radius 1 is 1.29 bits per heavy atom. The zero-order valence-electron chi connectivity index (χ0n) is 21.6. The van der Waals surface area contributed by atoms with Crippen LogP contribution in [0, 0.1) is 17.2 Å². The first-order chi connectivity index (χ1) is 18.4. The van der Waals surface area contributed by atoms with Crippen LogP contribution < -0.4 is 15.1 Å². The van der Waals surface area contributed by atoms with Crippen molar-refractivity contribution in [1.29, 1.82) is 5.26 Å². The molecule has 0 bridgehead atoms. The van der Waals surface area contributed by atoms with Crippen molar-refractivity contribution in [3.63, 3.8) is 0 Å². The number of pyridine rings is 2. The lowest BCUT2D eigenvalue weighted by Crippen LogP contribution is -2.40. The molecule has 2 aromatic heterocycles. The molecule has 0 spiro atoms. The summed E-state index contributed by atoms with van der Waals surface area (Å²) in [6.45, 7) is 4.75. The average molecular weight is 518 g/mol. The number of amides is 3. The van der Waals surface area contributed by atoms with E-state index >= 15 is 0 Å². The van der Waals surface area contributed by atoms with E-state index < -0.39 is 6.03 Å². The lowest BCUT2D eigenvalue weighted by Gasteiger charge is -2.29. The highest BCUT2D eigenvalue weighted by Crippen LogP contribution is 2.31. The summed E-state index contributed by atoms with van der Waals surface area (Å²) in [4.78, 5) is 51.9. The number of ether oxygens (including phenoxy) is 1. The molecule has 5 heterocycles. The monoisotopic (exact) mass is 517 g/mol. The van der Waals surface area contributed by atoms with Gasteiger partial charge in [0.25, 0.3) is 0 Å². The number of nitriles is 1. The van der Waals surface area contributed by atoms with Gasteiger partial charge in [0.1, 0.15) is 23.4 Å². The summed E-state index contributed by atoms with van der Waals surface area (Å²) in [5.41, 5.74) is 2.92. The van der Waals surface area contributed by atoms with E-state index in [4.69, 9.17) is 4.74 Å². The number of rotatable bonds is 6. The second kappa shape index (κ2) is 10.8. The number of hydrogen-bond acceptors (Lipinski definition) is 8. The fraction of sp³-hybridized carbons (Fsp3) is 0.481. The first kappa shape index (κ1) is 25.6. The lowest BCUT2D eigenvalue weighted by molar-refractivity contribution is -0.131. The molecule has 198 valence electrons. The number of nitrogens with zero attached hydrogens (tertiary/aromatic N) is 6. The van der Waals surface area contributed by atoms with Crippen molar-refractivity contribution in [1.82, 2.24) is 14.9 Å². The first-order valence-electron chi connectivity index (χ1n) is 12.9. The van der Waals surface area contributed by atoms with Gasteiger partial charge in [-0.25, -0.2) is 14.8 Å². The van der Waals surface area contributed by atoms with E-state index in [9.17, 15) is 19.6 Å². The largest absolute Gasteiger partial charge is 0.380 e. The quantitative estimate of drug-likeness (QED) is 0.579. The van der Waals surface area contributed by atoms with Crippen LogP contribution in [0.1, 0.15) is 53.4 Å². The number of carbonyl (C=O) groups excluding carboxylic acids is 3. The molecule has 5 rings (SSSR count). The zero-order chi connectivity index (χ0) is 26.8. The Balaban J connectivity index is 1.36. The first-order valence-corrected chi connectivity index (χ1v) is 12.9. The number of urea groups is 1. The smallest absolute Gasteiger partial charge is 0.328 e. The number of carbonyl (C=O) groups is 3. The second-order valence-corrected chi connectivity index (χ2v) is 10.1. The molecule has 3 amide bonds. The van der Waals surface area contributed by atoms with Gasteiger partial charge in [-0.15, -0.1) is 0 Å². The Bertz CT molecular complexity index is 1310. The van der Waals surface area contributed by atoms with E-state index in [-0.39, 0.29) is 23.6 Å². The highest BCUT2D eigenvalue weighted by Gasteiger charge is 2.31. The highest BCUT2D eigenvalue weighted by molar-refractivity contribution is 6.02. The van der Waals surface area contributed by atoms with Crippen molar-refractivity contribution < 1.29 is 19.1 Å². The maximum atomic E-state index is 13.4. The summed E-state index contributed by atoms with van der Waals surface area (Å²) in [5, 5.41) is 12.4. The molecule has 2 saturated heterocycles. The van der Waals surface area contributed by atoms with E-state index in [1.54, 1.807) is 18.1 Å². The minimum absolute atomic E-state index is 0.0114. The van der Waals surface area contributed by atoms with Crippen molar-refractivity contribution in [3.05, 3.63) is 40.7 Å². The number of aryl methyl sites for hydroxylation is 1. The molecule has 2 fully saturated rings. The summed E-state index contributed by atoms with van der Waals surface area (Å²) in [5.74, 6) is 0.840. The molecule has 3 aliphatic heterocycles. The molecule has 3 aliphatic rings. The van der Waals surface area contributed by atoms with Gasteiger partial charge in [-0.05, 0) is 37.3 Å². The highest BCUT2D eigenvalue weighted by atomic mass is 16.5. The van der Waals surface area contributed by atoms with Crippen molar-refractivity contribution in [2.75, 3.05) is 48.4 Å². The maximum absolute atomic E-state index is 13.4. The molecule has 0 unspecified atom stereocenters. The predicted molar refractivity (Wildman–Crippen MR) is 140 cm³/mol. The summed E-state index contributed by atoms with van der Waals surface area (Å²) in [7, 11) is 1.67. The number of fused-ring (bicyclic) bond motifs is 1. The maximum Gasteiger partial charge on any atom is 0.328 e. The molecule has 2 aromatic rings. The summed E-state index contributed by atoms with van der Waals surface area (Å²) in [6.07, 6.45) is 5.35. The van der Waals surface area contributed by atoms with Crippen LogP contribution in [-0.4, -0.2) is 72.5 Å². The molecule has 0 aliphatic carbocycles. The third-order valence-electron chi connectivity index (χ3n) is 7.61. The molecule has 0 radical (unpaired) electrons. The Morgan fingerprint density at radius 2 is 2.13 bits per heavy atom. The Morgan fingerprint density at radius 3 is 2.82 bits per heavy atom. The van der Waals surface area contributed by atoms with Crippen LogP contribution in [0.2, 0.25) is 0 Å². The number of anilines is 3. The van der Waals surface area contributed by atoms with Crippen molar-refractivity contribution in [3.8, 4) is 6.07 Å². The topological polar surface area (TPSA) is 132 Å². The van der Waals surface area contributed by atoms with Crippen molar-refractivity contribution in [2.24, 2.45) is 5.92 Å². The van der Waals surface area contributed by atoms with E-state index in [2.05, 4.69) is 26.3 Å². The number of likely N-dealkylation sites (tertiary alicyclic amines) is 1. The molecule has 0 aromatic carbocycles.